The number of rotatable bonds is 6. The lowest BCUT2D eigenvalue weighted by atomic mass is 9.94. The second-order valence-corrected chi connectivity index (χ2v) is 4.97. The van der Waals surface area contributed by atoms with E-state index < -0.39 is 0 Å². The molecule has 0 radical (unpaired) electrons. The minimum absolute atomic E-state index is 0.208. The molecule has 2 heteroatoms. The Kier molecular flexibility index (Phi) is 6.52. The molecule has 0 aliphatic heterocycles. The fourth-order valence-electron chi connectivity index (χ4n) is 2.41. The molecule has 1 aliphatic carbocycles. The second kappa shape index (κ2) is 7.70. The Morgan fingerprint density at radius 3 is 2.69 bits per heavy atom. The summed E-state index contributed by atoms with van der Waals surface area (Å²) in [6.45, 7) is 4.25. The number of terminal acetylenes is 1. The summed E-state index contributed by atoms with van der Waals surface area (Å²) in [6.07, 6.45) is 13.6. The maximum Gasteiger partial charge on any atom is 0.0658 e. The van der Waals surface area contributed by atoms with Crippen molar-refractivity contribution in [2.24, 2.45) is 0 Å². The molecule has 1 aliphatic rings. The summed E-state index contributed by atoms with van der Waals surface area (Å²) >= 11 is 0. The van der Waals surface area contributed by atoms with Gasteiger partial charge in [-0.3, -0.25) is 0 Å². The molecule has 1 saturated carbocycles. The Labute approximate surface area is 101 Å². The first-order valence-corrected chi connectivity index (χ1v) is 6.64. The first kappa shape index (κ1) is 13.5. The van der Waals surface area contributed by atoms with Crippen LogP contribution < -0.4 is 5.32 Å². The van der Waals surface area contributed by atoms with Crippen LogP contribution >= 0.6 is 0 Å². The third-order valence-corrected chi connectivity index (χ3v) is 3.59. The predicted octanol–water partition coefficient (Wildman–Crippen LogP) is 2.25. The van der Waals surface area contributed by atoms with Crippen molar-refractivity contribution in [3.8, 4) is 12.3 Å². The molecule has 1 unspecified atom stereocenters. The molecule has 1 rings (SSSR count). The highest BCUT2D eigenvalue weighted by Crippen LogP contribution is 2.21. The van der Waals surface area contributed by atoms with Crippen LogP contribution in [-0.2, 0) is 0 Å². The molecule has 2 nitrogen and oxygen atoms in total. The standard InChI is InChI=1S/C14H26N2/c1-4-13(2)15-11-8-12-16(3)14-9-6-5-7-10-14/h1,13-15H,5-12H2,2-3H3. The summed E-state index contributed by atoms with van der Waals surface area (Å²) in [4.78, 5) is 2.53. The van der Waals surface area contributed by atoms with Gasteiger partial charge in [0.05, 0.1) is 6.04 Å². The van der Waals surface area contributed by atoms with Crippen molar-refractivity contribution >= 4 is 0 Å². The van der Waals surface area contributed by atoms with E-state index in [2.05, 4.69) is 23.2 Å². The monoisotopic (exact) mass is 222 g/mol. The Morgan fingerprint density at radius 2 is 2.06 bits per heavy atom. The van der Waals surface area contributed by atoms with Crippen LogP contribution in [0.15, 0.2) is 0 Å². The van der Waals surface area contributed by atoms with Crippen LogP contribution in [0.3, 0.4) is 0 Å². The fourth-order valence-corrected chi connectivity index (χ4v) is 2.41. The van der Waals surface area contributed by atoms with Crippen LogP contribution in [-0.4, -0.2) is 37.1 Å². The van der Waals surface area contributed by atoms with E-state index in [0.29, 0.717) is 0 Å². The van der Waals surface area contributed by atoms with Crippen molar-refractivity contribution in [1.29, 1.82) is 0 Å². The summed E-state index contributed by atoms with van der Waals surface area (Å²) in [5, 5.41) is 3.33. The number of hydrogen-bond donors (Lipinski definition) is 1. The Balaban J connectivity index is 2.05. The normalized spacial score (nSPS) is 19.6. The van der Waals surface area contributed by atoms with Gasteiger partial charge in [-0.2, -0.15) is 0 Å². The molecule has 92 valence electrons. The topological polar surface area (TPSA) is 15.3 Å². The number of hydrogen-bond acceptors (Lipinski definition) is 2. The van der Waals surface area contributed by atoms with Gasteiger partial charge in [-0.1, -0.05) is 25.2 Å². The van der Waals surface area contributed by atoms with E-state index in [1.165, 1.54) is 45.1 Å². The first-order valence-electron chi connectivity index (χ1n) is 6.64. The third kappa shape index (κ3) is 5.01. The zero-order valence-corrected chi connectivity index (χ0v) is 10.8. The molecule has 16 heavy (non-hydrogen) atoms. The zero-order chi connectivity index (χ0) is 11.8. The molecule has 1 N–H and O–H groups in total. The van der Waals surface area contributed by atoms with E-state index in [1.54, 1.807) is 0 Å². The van der Waals surface area contributed by atoms with Crippen LogP contribution in [0.5, 0.6) is 0 Å². The summed E-state index contributed by atoms with van der Waals surface area (Å²) in [5.41, 5.74) is 0. The molecule has 0 aromatic heterocycles. The van der Waals surface area contributed by atoms with E-state index in [1.807, 2.05) is 6.92 Å². The highest BCUT2D eigenvalue weighted by atomic mass is 15.1. The summed E-state index contributed by atoms with van der Waals surface area (Å²) in [6, 6.07) is 1.04. The largest absolute Gasteiger partial charge is 0.304 e. The van der Waals surface area contributed by atoms with Crippen molar-refractivity contribution in [2.75, 3.05) is 20.1 Å². The van der Waals surface area contributed by atoms with Gasteiger partial charge in [0.1, 0.15) is 0 Å². The van der Waals surface area contributed by atoms with Gasteiger partial charge in [0.15, 0.2) is 0 Å². The molecule has 0 saturated heterocycles. The average Bonchev–Trinajstić information content (AvgIpc) is 2.35. The smallest absolute Gasteiger partial charge is 0.0658 e. The van der Waals surface area contributed by atoms with Gasteiger partial charge in [-0.05, 0) is 46.3 Å². The Hall–Kier alpha value is -0.520. The Bertz CT molecular complexity index is 213. The van der Waals surface area contributed by atoms with Crippen LogP contribution in [0.4, 0.5) is 0 Å². The minimum Gasteiger partial charge on any atom is -0.304 e. The van der Waals surface area contributed by atoms with Crippen molar-refractivity contribution in [1.82, 2.24) is 10.2 Å². The molecule has 0 aromatic rings. The SMILES string of the molecule is C#CC(C)NCCCN(C)C1CCCCC1. The lowest BCUT2D eigenvalue weighted by molar-refractivity contribution is 0.189. The molecule has 0 aromatic carbocycles. The van der Waals surface area contributed by atoms with E-state index in [4.69, 9.17) is 6.42 Å². The Morgan fingerprint density at radius 1 is 1.38 bits per heavy atom. The van der Waals surface area contributed by atoms with Crippen molar-refractivity contribution in [2.45, 2.75) is 57.5 Å². The highest BCUT2D eigenvalue weighted by Gasteiger charge is 2.17. The van der Waals surface area contributed by atoms with Crippen molar-refractivity contribution in [3.05, 3.63) is 0 Å². The summed E-state index contributed by atoms with van der Waals surface area (Å²) in [7, 11) is 2.26. The maximum atomic E-state index is 5.31. The van der Waals surface area contributed by atoms with E-state index in [0.717, 1.165) is 12.6 Å². The maximum absolute atomic E-state index is 5.31. The van der Waals surface area contributed by atoms with Crippen LogP contribution in [0.1, 0.15) is 45.4 Å². The molecular formula is C14H26N2. The van der Waals surface area contributed by atoms with E-state index in [9.17, 15) is 0 Å². The third-order valence-electron chi connectivity index (χ3n) is 3.59. The minimum atomic E-state index is 0.208. The summed E-state index contributed by atoms with van der Waals surface area (Å²) in [5.74, 6) is 2.69. The van der Waals surface area contributed by atoms with Gasteiger partial charge in [-0.25, -0.2) is 0 Å². The van der Waals surface area contributed by atoms with Gasteiger partial charge in [0.2, 0.25) is 0 Å². The molecule has 0 bridgehead atoms. The molecule has 1 atom stereocenters. The van der Waals surface area contributed by atoms with Gasteiger partial charge in [0, 0.05) is 6.04 Å². The lowest BCUT2D eigenvalue weighted by Crippen LogP contribution is -2.36. The second-order valence-electron chi connectivity index (χ2n) is 4.97. The summed E-state index contributed by atoms with van der Waals surface area (Å²) < 4.78 is 0. The van der Waals surface area contributed by atoms with Gasteiger partial charge in [-0.15, -0.1) is 6.42 Å². The quantitative estimate of drug-likeness (QED) is 0.548. The van der Waals surface area contributed by atoms with Crippen LogP contribution in [0.2, 0.25) is 0 Å². The van der Waals surface area contributed by atoms with Crippen LogP contribution in [0, 0.1) is 12.3 Å². The number of nitrogens with zero attached hydrogens (tertiary/aromatic N) is 1. The van der Waals surface area contributed by atoms with E-state index >= 15 is 0 Å². The molecule has 0 heterocycles. The van der Waals surface area contributed by atoms with E-state index in [-0.39, 0.29) is 6.04 Å². The average molecular weight is 222 g/mol. The first-order chi connectivity index (χ1) is 7.74. The van der Waals surface area contributed by atoms with Crippen molar-refractivity contribution in [3.63, 3.8) is 0 Å². The number of nitrogens with one attached hydrogen (secondary N) is 1. The van der Waals surface area contributed by atoms with Crippen molar-refractivity contribution < 1.29 is 0 Å². The molecule has 0 spiro atoms. The lowest BCUT2D eigenvalue weighted by Gasteiger charge is -2.31. The van der Waals surface area contributed by atoms with Gasteiger partial charge in [0.25, 0.3) is 0 Å². The molecule has 0 amide bonds. The molecule has 1 fully saturated rings. The fraction of sp³-hybridized carbons (Fsp3) is 0.857. The van der Waals surface area contributed by atoms with Crippen LogP contribution in [0.25, 0.3) is 0 Å². The van der Waals surface area contributed by atoms with Gasteiger partial charge < -0.3 is 10.2 Å². The predicted molar refractivity (Wildman–Crippen MR) is 70.4 cm³/mol. The molecular weight excluding hydrogens is 196 g/mol. The highest BCUT2D eigenvalue weighted by molar-refractivity contribution is 4.95. The zero-order valence-electron chi connectivity index (χ0n) is 10.8. The van der Waals surface area contributed by atoms with Gasteiger partial charge >= 0.3 is 0 Å².